The fourth-order valence-electron chi connectivity index (χ4n) is 5.53. The monoisotopic (exact) mass is 642 g/mol. The van der Waals surface area contributed by atoms with Gasteiger partial charge in [0.05, 0.1) is 19.4 Å². The van der Waals surface area contributed by atoms with E-state index < -0.39 is 7.60 Å². The molecular weight excluding hydrogens is 583 g/mol. The van der Waals surface area contributed by atoms with Gasteiger partial charge in [-0.05, 0) is 114 Å². The molecule has 1 unspecified atom stereocenters. The summed E-state index contributed by atoms with van der Waals surface area (Å²) in [6, 6.07) is 6.83. The van der Waals surface area contributed by atoms with Gasteiger partial charge < -0.3 is 24.2 Å². The molecule has 1 atom stereocenters. The molecule has 0 radical (unpaired) electrons. The highest BCUT2D eigenvalue weighted by Gasteiger charge is 2.22. The number of benzene rings is 1. The lowest BCUT2D eigenvalue weighted by molar-refractivity contribution is -0.121. The molecule has 1 aliphatic rings. The third kappa shape index (κ3) is 15.1. The van der Waals surface area contributed by atoms with E-state index in [0.29, 0.717) is 38.8 Å². The van der Waals surface area contributed by atoms with E-state index in [9.17, 15) is 9.36 Å². The zero-order valence-corrected chi connectivity index (χ0v) is 29.7. The smallest absolute Gasteiger partial charge is 0.330 e. The summed E-state index contributed by atoms with van der Waals surface area (Å²) in [7, 11) is -3.01. The summed E-state index contributed by atoms with van der Waals surface area (Å²) in [5.41, 5.74) is 4.78. The molecule has 0 aromatic heterocycles. The topological polar surface area (TPSA) is 83.5 Å². The van der Waals surface area contributed by atoms with E-state index in [-0.39, 0.29) is 11.9 Å². The summed E-state index contributed by atoms with van der Waals surface area (Å²) in [6.45, 7) is 18.4. The summed E-state index contributed by atoms with van der Waals surface area (Å²) in [5.74, 6) is 0.139. The Morgan fingerprint density at radius 3 is 2.58 bits per heavy atom. The number of anilines is 1. The molecule has 0 fully saturated rings. The number of amides is 1. The van der Waals surface area contributed by atoms with Gasteiger partial charge in [0.15, 0.2) is 0 Å². The molecule has 0 aliphatic carbocycles. The number of hydrogen-bond acceptors (Lipinski definition) is 7. The number of allylic oxidation sites excluding steroid dienone is 5. The highest BCUT2D eigenvalue weighted by Crippen LogP contribution is 2.48. The van der Waals surface area contributed by atoms with Gasteiger partial charge in [-0.1, -0.05) is 44.2 Å². The maximum absolute atomic E-state index is 12.7. The van der Waals surface area contributed by atoms with E-state index in [4.69, 9.17) is 9.05 Å². The lowest BCUT2D eigenvalue weighted by Crippen LogP contribution is -2.37. The quantitative estimate of drug-likeness (QED) is 0.0604. The van der Waals surface area contributed by atoms with Gasteiger partial charge in [0.1, 0.15) is 0 Å². The second-order valence-electron chi connectivity index (χ2n) is 11.4. The molecule has 0 bridgehead atoms. The van der Waals surface area contributed by atoms with Crippen LogP contribution in [0.1, 0.15) is 84.8 Å². The first-order chi connectivity index (χ1) is 21.8. The number of aliphatic imine (C=N–C) groups is 1. The molecule has 0 spiro atoms. The molecule has 252 valence electrons. The number of fused-ring (bicyclic) bond motifs is 1. The van der Waals surface area contributed by atoms with Crippen LogP contribution in [0.4, 0.5) is 5.69 Å². The first-order valence-corrected chi connectivity index (χ1v) is 18.8. The fourth-order valence-corrected chi connectivity index (χ4v) is 7.18. The van der Waals surface area contributed by atoms with E-state index in [0.717, 1.165) is 69.5 Å². The van der Waals surface area contributed by atoms with E-state index in [2.05, 4.69) is 77.3 Å². The van der Waals surface area contributed by atoms with Gasteiger partial charge in [0, 0.05) is 44.0 Å². The highest BCUT2D eigenvalue weighted by atomic mass is 31.2. The molecule has 1 aromatic rings. The van der Waals surface area contributed by atoms with Crippen molar-refractivity contribution in [1.82, 2.24) is 10.2 Å². The van der Waals surface area contributed by atoms with E-state index in [1.54, 1.807) is 6.21 Å². The van der Waals surface area contributed by atoms with Crippen LogP contribution >= 0.6 is 7.60 Å². The molecule has 1 aromatic carbocycles. The van der Waals surface area contributed by atoms with Crippen LogP contribution in [0.5, 0.6) is 0 Å². The highest BCUT2D eigenvalue weighted by molar-refractivity contribution is 7.53. The first-order valence-electron chi connectivity index (χ1n) is 17.1. The Labute approximate surface area is 273 Å². The number of carbonyl (C=O) groups is 1. The summed E-state index contributed by atoms with van der Waals surface area (Å²) < 4.78 is 23.3. The normalized spacial score (nSPS) is 15.1. The van der Waals surface area contributed by atoms with Gasteiger partial charge in [-0.25, -0.2) is 0 Å². The Morgan fingerprint density at radius 2 is 1.89 bits per heavy atom. The Bertz CT molecular complexity index is 1170. The van der Waals surface area contributed by atoms with Crippen LogP contribution in [0.25, 0.3) is 6.08 Å². The van der Waals surface area contributed by atoms with Crippen molar-refractivity contribution < 1.29 is 18.4 Å². The summed E-state index contributed by atoms with van der Waals surface area (Å²) in [6.07, 6.45) is 17.9. The lowest BCUT2D eigenvalue weighted by Gasteiger charge is -2.31. The molecule has 1 N–H and O–H groups in total. The maximum atomic E-state index is 12.7. The minimum absolute atomic E-state index is 0.139. The molecule has 2 rings (SSSR count). The van der Waals surface area contributed by atoms with Gasteiger partial charge in [-0.3, -0.25) is 14.4 Å². The fraction of sp³-hybridized carbons (Fsp3) is 0.611. The minimum atomic E-state index is -3.01. The van der Waals surface area contributed by atoms with Gasteiger partial charge in [-0.15, -0.1) is 0 Å². The standard InChI is InChI=1S/C36H59N4O4P/c1-7-15-32(22-25-37-24-14-29-45(42,43-10-4)44-11-5)18-19-33-20-21-35-34(30-33)17-13-27-40(35)28-23-36(41)38-31(6)16-12-26-39(8-2)9-3/h7,15,18-22,25,30-31H,8-14,16-17,23-24,26-29H2,1-6H3,(H,38,41)/b15-7-,19-18?,32-22+,37-25+. The Morgan fingerprint density at radius 1 is 1.13 bits per heavy atom. The van der Waals surface area contributed by atoms with Crippen LogP contribution < -0.4 is 10.2 Å². The molecular formula is C36H59N4O4P. The van der Waals surface area contributed by atoms with Crippen molar-refractivity contribution in [2.45, 2.75) is 86.1 Å². The first kappa shape index (κ1) is 38.7. The van der Waals surface area contributed by atoms with Crippen LogP contribution in [0.15, 0.2) is 53.1 Å². The van der Waals surface area contributed by atoms with Gasteiger partial charge in [0.2, 0.25) is 5.91 Å². The number of nitrogens with one attached hydrogen (secondary N) is 1. The van der Waals surface area contributed by atoms with Crippen molar-refractivity contribution in [2.24, 2.45) is 4.99 Å². The Kier molecular flexibility index (Phi) is 19.0. The second-order valence-corrected chi connectivity index (χ2v) is 13.6. The number of hydrogen-bond donors (Lipinski definition) is 1. The van der Waals surface area contributed by atoms with Crippen molar-refractivity contribution in [3.63, 3.8) is 0 Å². The molecule has 1 heterocycles. The molecule has 0 saturated carbocycles. The SMILES string of the molecule is C\C=C/C(C=Cc1ccc2c(c1)CCCN2CCC(=O)NC(C)CCCN(CC)CC)=C\C=N\CCCP(=O)(OCC)OCC. The maximum Gasteiger partial charge on any atom is 0.330 e. The van der Waals surface area contributed by atoms with Gasteiger partial charge >= 0.3 is 7.60 Å². The van der Waals surface area contributed by atoms with Crippen LogP contribution in [0.2, 0.25) is 0 Å². The number of nitrogens with zero attached hydrogens (tertiary/aromatic N) is 3. The Balaban J connectivity index is 1.89. The van der Waals surface area contributed by atoms with Crippen LogP contribution in [-0.2, 0) is 24.8 Å². The minimum Gasteiger partial charge on any atom is -0.371 e. The molecule has 45 heavy (non-hydrogen) atoms. The molecule has 9 heteroatoms. The van der Waals surface area contributed by atoms with Crippen molar-refractivity contribution in [1.29, 1.82) is 0 Å². The predicted molar refractivity (Wildman–Crippen MR) is 192 cm³/mol. The summed E-state index contributed by atoms with van der Waals surface area (Å²) in [5, 5.41) is 3.20. The van der Waals surface area contributed by atoms with Gasteiger partial charge in [0.25, 0.3) is 0 Å². The zero-order valence-electron chi connectivity index (χ0n) is 28.8. The van der Waals surface area contributed by atoms with Gasteiger partial charge in [-0.2, -0.15) is 0 Å². The average Bonchev–Trinajstić information content (AvgIpc) is 3.02. The largest absolute Gasteiger partial charge is 0.371 e. The lowest BCUT2D eigenvalue weighted by atomic mass is 9.98. The number of aryl methyl sites for hydroxylation is 1. The number of carbonyl (C=O) groups excluding carboxylic acids is 1. The van der Waals surface area contributed by atoms with Crippen molar-refractivity contribution in [3.05, 3.63) is 59.2 Å². The van der Waals surface area contributed by atoms with Crippen LogP contribution in [0, 0.1) is 0 Å². The summed E-state index contributed by atoms with van der Waals surface area (Å²) >= 11 is 0. The Hall–Kier alpha value is -2.51. The molecule has 8 nitrogen and oxygen atoms in total. The average molecular weight is 643 g/mol. The third-order valence-corrected chi connectivity index (χ3v) is 10.1. The third-order valence-electron chi connectivity index (χ3n) is 7.91. The summed E-state index contributed by atoms with van der Waals surface area (Å²) in [4.78, 5) is 21.9. The molecule has 0 saturated heterocycles. The van der Waals surface area contributed by atoms with Crippen molar-refractivity contribution >= 4 is 31.5 Å². The van der Waals surface area contributed by atoms with E-state index in [1.807, 2.05) is 32.9 Å². The molecule has 1 aliphatic heterocycles. The zero-order chi connectivity index (χ0) is 32.9. The van der Waals surface area contributed by atoms with E-state index >= 15 is 0 Å². The second kappa shape index (κ2) is 22.1. The van der Waals surface area contributed by atoms with Crippen molar-refractivity contribution in [3.8, 4) is 0 Å². The molecule has 1 amide bonds. The van der Waals surface area contributed by atoms with Crippen LogP contribution in [-0.4, -0.2) is 81.7 Å². The number of rotatable bonds is 22. The predicted octanol–water partition coefficient (Wildman–Crippen LogP) is 7.70. The van der Waals surface area contributed by atoms with Crippen LogP contribution in [0.3, 0.4) is 0 Å². The van der Waals surface area contributed by atoms with Crippen molar-refractivity contribution in [2.75, 3.05) is 63.5 Å². The van der Waals surface area contributed by atoms with E-state index in [1.165, 1.54) is 11.3 Å².